The number of anilines is 1. The van der Waals surface area contributed by atoms with Crippen LogP contribution in [-0.2, 0) is 16.1 Å². The fraction of sp³-hybridized carbons (Fsp3) is 0.280. The van der Waals surface area contributed by atoms with Gasteiger partial charge in [0.25, 0.3) is 0 Å². The summed E-state index contributed by atoms with van der Waals surface area (Å²) in [5.41, 5.74) is 4.53. The summed E-state index contributed by atoms with van der Waals surface area (Å²) in [5, 5.41) is 3.05. The topological polar surface area (TPSA) is 80.2 Å². The molecule has 0 radical (unpaired) electrons. The van der Waals surface area contributed by atoms with Crippen LogP contribution in [0.25, 0.3) is 22.5 Å². The number of ether oxygens (including phenoxy) is 1. The molecule has 7 heteroatoms. The normalized spacial score (nSPS) is 21.0. The van der Waals surface area contributed by atoms with Gasteiger partial charge in [-0.15, -0.1) is 0 Å². The molecule has 5 rings (SSSR count). The van der Waals surface area contributed by atoms with Crippen molar-refractivity contribution in [3.05, 3.63) is 72.6 Å². The van der Waals surface area contributed by atoms with E-state index in [1.165, 1.54) is 0 Å². The number of carbonyl (C=O) groups excluding carboxylic acids is 1. The molecule has 0 aliphatic carbocycles. The van der Waals surface area contributed by atoms with E-state index >= 15 is 0 Å². The van der Waals surface area contributed by atoms with Crippen molar-refractivity contribution in [2.24, 2.45) is 5.92 Å². The molecular weight excluding hydrogens is 402 g/mol. The van der Waals surface area contributed by atoms with Crippen LogP contribution in [-0.4, -0.2) is 47.2 Å². The summed E-state index contributed by atoms with van der Waals surface area (Å²) in [4.78, 5) is 28.2. The Balaban J connectivity index is 1.34. The van der Waals surface area contributed by atoms with Crippen molar-refractivity contribution in [3.8, 4) is 22.5 Å². The summed E-state index contributed by atoms with van der Waals surface area (Å²) in [5.74, 6) is 0.601. The summed E-state index contributed by atoms with van der Waals surface area (Å²) >= 11 is 0. The molecule has 2 aliphatic heterocycles. The standard InChI is InChI=1S/C25H25N5O2/c1-30(2)25-28-15-20(21-5-3-4-12-26-21)23(29-25)17-8-6-16(7-9-17)14-27-24(31)19-13-18-10-11-22(19)32-18/h3-12,15,18-19,22H,13-14H2,1-2H3,(H,27,31). The Labute approximate surface area is 187 Å². The molecule has 2 bridgehead atoms. The van der Waals surface area contributed by atoms with Gasteiger partial charge in [0, 0.05) is 44.2 Å². The average molecular weight is 428 g/mol. The second kappa shape index (κ2) is 8.51. The second-order valence-corrected chi connectivity index (χ2v) is 8.32. The van der Waals surface area contributed by atoms with Crippen molar-refractivity contribution >= 4 is 11.9 Å². The van der Waals surface area contributed by atoms with Crippen molar-refractivity contribution in [2.75, 3.05) is 19.0 Å². The third-order valence-corrected chi connectivity index (χ3v) is 5.88. The number of fused-ring (bicyclic) bond motifs is 2. The van der Waals surface area contributed by atoms with Gasteiger partial charge in [-0.2, -0.15) is 0 Å². The van der Waals surface area contributed by atoms with Crippen LogP contribution in [0.5, 0.6) is 0 Å². The number of rotatable bonds is 6. The van der Waals surface area contributed by atoms with E-state index in [-0.39, 0.29) is 24.0 Å². The summed E-state index contributed by atoms with van der Waals surface area (Å²) in [6, 6.07) is 13.9. The second-order valence-electron chi connectivity index (χ2n) is 8.32. The molecule has 1 N–H and O–H groups in total. The third kappa shape index (κ3) is 3.99. The molecular formula is C25H25N5O2. The number of benzene rings is 1. The van der Waals surface area contributed by atoms with Crippen LogP contribution in [0.1, 0.15) is 12.0 Å². The summed E-state index contributed by atoms with van der Waals surface area (Å²) < 4.78 is 5.70. The van der Waals surface area contributed by atoms with E-state index in [1.54, 1.807) is 6.20 Å². The molecule has 1 fully saturated rings. The Morgan fingerprint density at radius 3 is 2.62 bits per heavy atom. The first-order chi connectivity index (χ1) is 15.6. The minimum atomic E-state index is -0.0873. The third-order valence-electron chi connectivity index (χ3n) is 5.88. The van der Waals surface area contributed by atoms with Crippen molar-refractivity contribution in [1.29, 1.82) is 0 Å². The molecule has 4 heterocycles. The lowest BCUT2D eigenvalue weighted by molar-refractivity contribution is -0.126. The summed E-state index contributed by atoms with van der Waals surface area (Å²) in [7, 11) is 3.84. The maximum absolute atomic E-state index is 12.5. The first kappa shape index (κ1) is 20.3. The van der Waals surface area contributed by atoms with Gasteiger partial charge in [0.2, 0.25) is 11.9 Å². The Morgan fingerprint density at radius 2 is 1.97 bits per heavy atom. The minimum absolute atomic E-state index is 0.0507. The monoisotopic (exact) mass is 427 g/mol. The van der Waals surface area contributed by atoms with Gasteiger partial charge in [0.15, 0.2) is 0 Å². The Hall–Kier alpha value is -3.58. The quantitative estimate of drug-likeness (QED) is 0.609. The predicted molar refractivity (Wildman–Crippen MR) is 123 cm³/mol. The summed E-state index contributed by atoms with van der Waals surface area (Å²) in [6.07, 6.45) is 8.42. The smallest absolute Gasteiger partial charge is 0.226 e. The molecule has 3 unspecified atom stereocenters. The van der Waals surface area contributed by atoms with E-state index in [9.17, 15) is 4.79 Å². The molecule has 162 valence electrons. The van der Waals surface area contributed by atoms with Gasteiger partial charge in [-0.25, -0.2) is 9.97 Å². The summed E-state index contributed by atoms with van der Waals surface area (Å²) in [6.45, 7) is 0.483. The van der Waals surface area contributed by atoms with Crippen LogP contribution in [0.3, 0.4) is 0 Å². The molecule has 2 aromatic heterocycles. The van der Waals surface area contributed by atoms with Crippen molar-refractivity contribution in [3.63, 3.8) is 0 Å². The zero-order valence-electron chi connectivity index (χ0n) is 18.1. The molecule has 32 heavy (non-hydrogen) atoms. The van der Waals surface area contributed by atoms with E-state index in [0.717, 1.165) is 34.5 Å². The Kier molecular flexibility index (Phi) is 5.41. The average Bonchev–Trinajstić information content (AvgIpc) is 3.47. The van der Waals surface area contributed by atoms with Gasteiger partial charge in [0.1, 0.15) is 0 Å². The molecule has 0 spiro atoms. The highest BCUT2D eigenvalue weighted by Gasteiger charge is 2.40. The molecule has 1 amide bonds. The number of hydrogen-bond acceptors (Lipinski definition) is 6. The van der Waals surface area contributed by atoms with E-state index in [4.69, 9.17) is 9.72 Å². The fourth-order valence-corrected chi connectivity index (χ4v) is 4.15. The zero-order valence-corrected chi connectivity index (χ0v) is 18.1. The van der Waals surface area contributed by atoms with Crippen LogP contribution in [0.2, 0.25) is 0 Å². The minimum Gasteiger partial charge on any atom is -0.366 e. The maximum atomic E-state index is 12.5. The lowest BCUT2D eigenvalue weighted by Crippen LogP contribution is -2.34. The van der Waals surface area contributed by atoms with Crippen molar-refractivity contribution < 1.29 is 9.53 Å². The van der Waals surface area contributed by atoms with Crippen molar-refractivity contribution in [1.82, 2.24) is 20.3 Å². The number of nitrogens with one attached hydrogen (secondary N) is 1. The maximum Gasteiger partial charge on any atom is 0.226 e. The van der Waals surface area contributed by atoms with E-state index in [0.29, 0.717) is 12.5 Å². The van der Waals surface area contributed by atoms with Gasteiger partial charge < -0.3 is 15.0 Å². The first-order valence-corrected chi connectivity index (χ1v) is 10.7. The number of hydrogen-bond donors (Lipinski definition) is 1. The highest BCUT2D eigenvalue weighted by Crippen LogP contribution is 2.34. The van der Waals surface area contributed by atoms with E-state index in [1.807, 2.05) is 79.8 Å². The first-order valence-electron chi connectivity index (χ1n) is 10.7. The highest BCUT2D eigenvalue weighted by molar-refractivity contribution is 5.81. The van der Waals surface area contributed by atoms with Gasteiger partial charge in [-0.05, 0) is 24.1 Å². The Morgan fingerprint density at radius 1 is 1.12 bits per heavy atom. The van der Waals surface area contributed by atoms with Gasteiger partial charge in [-0.3, -0.25) is 9.78 Å². The zero-order chi connectivity index (χ0) is 22.1. The largest absolute Gasteiger partial charge is 0.366 e. The number of pyridine rings is 1. The van der Waals surface area contributed by atoms with Crippen LogP contribution < -0.4 is 10.2 Å². The fourth-order valence-electron chi connectivity index (χ4n) is 4.15. The van der Waals surface area contributed by atoms with Crippen LogP contribution in [0.4, 0.5) is 5.95 Å². The lowest BCUT2D eigenvalue weighted by Gasteiger charge is -2.16. The number of aromatic nitrogens is 3. The van der Waals surface area contributed by atoms with Crippen molar-refractivity contribution in [2.45, 2.75) is 25.2 Å². The van der Waals surface area contributed by atoms with Crippen LogP contribution in [0, 0.1) is 5.92 Å². The SMILES string of the molecule is CN(C)c1ncc(-c2ccccn2)c(-c2ccc(CNC(=O)C3CC4C=CC3O4)cc2)n1. The number of nitrogens with zero attached hydrogens (tertiary/aromatic N) is 4. The van der Waals surface area contributed by atoms with Gasteiger partial charge >= 0.3 is 0 Å². The molecule has 2 aliphatic rings. The highest BCUT2D eigenvalue weighted by atomic mass is 16.5. The predicted octanol–water partition coefficient (Wildman–Crippen LogP) is 3.23. The van der Waals surface area contributed by atoms with Crippen LogP contribution >= 0.6 is 0 Å². The van der Waals surface area contributed by atoms with E-state index in [2.05, 4.69) is 15.3 Å². The molecule has 1 saturated heterocycles. The molecule has 3 atom stereocenters. The molecule has 1 aromatic carbocycles. The lowest BCUT2D eigenvalue weighted by atomic mass is 9.93. The van der Waals surface area contributed by atoms with E-state index < -0.39 is 0 Å². The van der Waals surface area contributed by atoms with Crippen LogP contribution in [0.15, 0.2) is 67.0 Å². The van der Waals surface area contributed by atoms with Gasteiger partial charge in [0.05, 0.1) is 29.5 Å². The molecule has 0 saturated carbocycles. The number of carbonyl (C=O) groups is 1. The Bertz CT molecular complexity index is 1140. The molecule has 7 nitrogen and oxygen atoms in total. The number of amides is 1. The van der Waals surface area contributed by atoms with Gasteiger partial charge in [-0.1, -0.05) is 42.5 Å². The molecule has 3 aromatic rings.